The van der Waals surface area contributed by atoms with Gasteiger partial charge in [-0.15, -0.1) is 12.3 Å². The van der Waals surface area contributed by atoms with E-state index in [1.165, 1.54) is 0 Å². The molecule has 30 heavy (non-hydrogen) atoms. The highest BCUT2D eigenvalue weighted by atomic mass is 16.1. The van der Waals surface area contributed by atoms with Crippen LogP contribution in [0.2, 0.25) is 0 Å². The van der Waals surface area contributed by atoms with Crippen molar-refractivity contribution in [2.24, 2.45) is 5.92 Å². The highest BCUT2D eigenvalue weighted by molar-refractivity contribution is 5.91. The van der Waals surface area contributed by atoms with Gasteiger partial charge in [-0.05, 0) is 31.4 Å². The number of nitrogens with zero attached hydrogens (tertiary/aromatic N) is 2. The second-order valence-electron chi connectivity index (χ2n) is 7.76. The molecule has 0 unspecified atom stereocenters. The third-order valence-corrected chi connectivity index (χ3v) is 4.86. The fourth-order valence-corrected chi connectivity index (χ4v) is 3.28. The lowest BCUT2D eigenvalue weighted by Gasteiger charge is -2.24. The minimum atomic E-state index is 0.380. The van der Waals surface area contributed by atoms with Crippen molar-refractivity contribution in [2.45, 2.75) is 40.0 Å². The molecule has 0 saturated carbocycles. The van der Waals surface area contributed by atoms with E-state index in [2.05, 4.69) is 52.4 Å². The van der Waals surface area contributed by atoms with Crippen LogP contribution >= 0.6 is 0 Å². The van der Waals surface area contributed by atoms with Crippen LogP contribution in [-0.2, 0) is 4.79 Å². The summed E-state index contributed by atoms with van der Waals surface area (Å²) in [6.07, 6.45) is 14.0. The Hall–Kier alpha value is -2.72. The summed E-state index contributed by atoms with van der Waals surface area (Å²) in [4.78, 5) is 15.6. The number of allylic oxidation sites excluding steroid dienone is 3. The van der Waals surface area contributed by atoms with Gasteiger partial charge in [0.25, 0.3) is 0 Å². The first-order valence-corrected chi connectivity index (χ1v) is 10.7. The fraction of sp³-hybridized carbons (Fsp3) is 0.565. The minimum Gasteiger partial charge on any atom is -0.375 e. The largest absolute Gasteiger partial charge is 0.375 e. The molecule has 0 atom stereocenters. The lowest BCUT2D eigenvalue weighted by molar-refractivity contribution is -0.109. The molecule has 0 aliphatic carbocycles. The quantitative estimate of drug-likeness (QED) is 0.137. The SMILES string of the molecule is C#CC/C(=C\C=C(/NC)N/C(=C\C(=N)N1CCCN(CC(C)C)CC1)NC=O)CC. The number of terminal acetylenes is 1. The van der Waals surface area contributed by atoms with E-state index in [-0.39, 0.29) is 0 Å². The summed E-state index contributed by atoms with van der Waals surface area (Å²) in [6, 6.07) is 0. The van der Waals surface area contributed by atoms with Gasteiger partial charge in [0, 0.05) is 45.7 Å². The maximum atomic E-state index is 11.1. The van der Waals surface area contributed by atoms with Crippen molar-refractivity contribution in [3.8, 4) is 12.3 Å². The summed E-state index contributed by atoms with van der Waals surface area (Å²) in [5, 5.41) is 17.4. The lowest BCUT2D eigenvalue weighted by atomic mass is 10.1. The molecule has 0 bridgehead atoms. The number of nitrogens with one attached hydrogen (secondary N) is 4. The number of amides is 1. The molecular weight excluding hydrogens is 376 g/mol. The van der Waals surface area contributed by atoms with Crippen molar-refractivity contribution < 1.29 is 4.79 Å². The van der Waals surface area contributed by atoms with E-state index in [9.17, 15) is 4.79 Å². The summed E-state index contributed by atoms with van der Waals surface area (Å²) < 4.78 is 0. The third-order valence-electron chi connectivity index (χ3n) is 4.86. The van der Waals surface area contributed by atoms with Gasteiger partial charge in [0.1, 0.15) is 17.5 Å². The monoisotopic (exact) mass is 414 g/mol. The Morgan fingerprint density at radius 1 is 1.20 bits per heavy atom. The van der Waals surface area contributed by atoms with E-state index in [1.807, 2.05) is 12.2 Å². The van der Waals surface area contributed by atoms with Crippen molar-refractivity contribution in [2.75, 3.05) is 39.8 Å². The molecule has 1 fully saturated rings. The lowest BCUT2D eigenvalue weighted by Crippen LogP contribution is -2.37. The van der Waals surface area contributed by atoms with Gasteiger partial charge in [-0.2, -0.15) is 0 Å². The summed E-state index contributed by atoms with van der Waals surface area (Å²) in [5.41, 5.74) is 1.14. The van der Waals surface area contributed by atoms with E-state index >= 15 is 0 Å². The molecule has 0 spiro atoms. The highest BCUT2D eigenvalue weighted by Gasteiger charge is 2.17. The number of amidine groups is 1. The van der Waals surface area contributed by atoms with E-state index in [0.29, 0.717) is 36.2 Å². The molecule has 0 aromatic heterocycles. The maximum Gasteiger partial charge on any atom is 0.212 e. The molecule has 1 aliphatic rings. The maximum absolute atomic E-state index is 11.1. The van der Waals surface area contributed by atoms with Crippen LogP contribution in [0.25, 0.3) is 0 Å². The molecule has 7 heteroatoms. The molecule has 1 rings (SSSR count). The number of carbonyl (C=O) groups is 1. The van der Waals surface area contributed by atoms with Crippen LogP contribution < -0.4 is 16.0 Å². The Bertz CT molecular complexity index is 686. The van der Waals surface area contributed by atoms with Crippen LogP contribution in [0.1, 0.15) is 40.0 Å². The normalized spacial score (nSPS) is 16.7. The van der Waals surface area contributed by atoms with Crippen LogP contribution in [0.15, 0.2) is 35.4 Å². The molecular formula is C23H38N6O. The fourth-order valence-electron chi connectivity index (χ4n) is 3.28. The van der Waals surface area contributed by atoms with E-state index < -0.39 is 0 Å². The van der Waals surface area contributed by atoms with Gasteiger partial charge in [0.05, 0.1) is 0 Å². The van der Waals surface area contributed by atoms with E-state index in [0.717, 1.165) is 51.1 Å². The smallest absolute Gasteiger partial charge is 0.212 e. The first-order chi connectivity index (χ1) is 14.4. The van der Waals surface area contributed by atoms with Crippen LogP contribution in [0.5, 0.6) is 0 Å². The predicted molar refractivity (Wildman–Crippen MR) is 125 cm³/mol. The second kappa shape index (κ2) is 14.3. The first kappa shape index (κ1) is 25.3. The predicted octanol–water partition coefficient (Wildman–Crippen LogP) is 2.22. The topological polar surface area (TPSA) is 83.5 Å². The van der Waals surface area contributed by atoms with Crippen molar-refractivity contribution in [3.63, 3.8) is 0 Å². The molecule has 7 nitrogen and oxygen atoms in total. The van der Waals surface area contributed by atoms with Crippen molar-refractivity contribution >= 4 is 12.2 Å². The summed E-state index contributed by atoms with van der Waals surface area (Å²) in [7, 11) is 1.79. The third kappa shape index (κ3) is 9.66. The average Bonchev–Trinajstić information content (AvgIpc) is 2.95. The Morgan fingerprint density at radius 2 is 1.97 bits per heavy atom. The van der Waals surface area contributed by atoms with Gasteiger partial charge in [-0.25, -0.2) is 0 Å². The zero-order valence-electron chi connectivity index (χ0n) is 18.9. The molecule has 0 aromatic carbocycles. The number of rotatable bonds is 11. The first-order valence-electron chi connectivity index (χ1n) is 10.7. The Morgan fingerprint density at radius 3 is 2.57 bits per heavy atom. The van der Waals surface area contributed by atoms with Crippen molar-refractivity contribution in [3.05, 3.63) is 35.4 Å². The number of hydrogen-bond acceptors (Lipinski definition) is 5. The minimum absolute atomic E-state index is 0.380. The van der Waals surface area contributed by atoms with Gasteiger partial charge in [0.15, 0.2) is 0 Å². The zero-order chi connectivity index (χ0) is 22.4. The Balaban J connectivity index is 2.85. The molecule has 4 N–H and O–H groups in total. The van der Waals surface area contributed by atoms with Crippen LogP contribution in [0.4, 0.5) is 0 Å². The van der Waals surface area contributed by atoms with E-state index in [1.54, 1.807) is 13.1 Å². The van der Waals surface area contributed by atoms with Gasteiger partial charge in [-0.3, -0.25) is 10.2 Å². The average molecular weight is 415 g/mol. The Labute approximate surface area is 182 Å². The van der Waals surface area contributed by atoms with Gasteiger partial charge in [0.2, 0.25) is 6.41 Å². The molecule has 1 aliphatic heterocycles. The molecule has 0 radical (unpaired) electrons. The zero-order valence-corrected chi connectivity index (χ0v) is 18.9. The Kier molecular flexibility index (Phi) is 12.1. The summed E-state index contributed by atoms with van der Waals surface area (Å²) >= 11 is 0. The standard InChI is InChI=1S/C23H38N6O/c1-6-9-20(7-2)10-11-22(25-5)27-23(26-18-30)16-21(24)29-13-8-12-28(14-15-29)17-19(3)4/h1,10-11,16,18-19,24-25,27H,7-9,12-15,17H2,2-5H3,(H,26,30)/b20-10-,22-11+,23-16-,24-21?. The van der Waals surface area contributed by atoms with Crippen molar-refractivity contribution in [1.29, 1.82) is 5.41 Å². The molecule has 166 valence electrons. The van der Waals surface area contributed by atoms with Crippen molar-refractivity contribution in [1.82, 2.24) is 25.8 Å². The van der Waals surface area contributed by atoms with Crippen LogP contribution in [-0.4, -0.2) is 61.8 Å². The van der Waals surface area contributed by atoms with Gasteiger partial charge in [-0.1, -0.05) is 32.4 Å². The van der Waals surface area contributed by atoms with Crippen LogP contribution in [0, 0.1) is 23.7 Å². The number of carbonyl (C=O) groups excluding carboxylic acids is 1. The highest BCUT2D eigenvalue weighted by Crippen LogP contribution is 2.08. The molecule has 1 saturated heterocycles. The van der Waals surface area contributed by atoms with Gasteiger partial charge < -0.3 is 25.8 Å². The number of hydrogen-bond donors (Lipinski definition) is 4. The molecule has 0 aromatic rings. The van der Waals surface area contributed by atoms with E-state index in [4.69, 9.17) is 11.8 Å². The van der Waals surface area contributed by atoms with Crippen LogP contribution in [0.3, 0.4) is 0 Å². The molecule has 1 amide bonds. The second-order valence-corrected chi connectivity index (χ2v) is 7.76. The van der Waals surface area contributed by atoms with Gasteiger partial charge >= 0.3 is 0 Å². The summed E-state index contributed by atoms with van der Waals surface area (Å²) in [6.45, 7) is 11.2. The molecule has 1 heterocycles. The summed E-state index contributed by atoms with van der Waals surface area (Å²) in [5.74, 6) is 4.82.